The highest BCUT2D eigenvalue weighted by molar-refractivity contribution is 7.98. The predicted molar refractivity (Wildman–Crippen MR) is 110 cm³/mol. The van der Waals surface area contributed by atoms with Gasteiger partial charge in [0.1, 0.15) is 11.7 Å². The number of fused-ring (bicyclic) bond motifs is 1. The number of benzene rings is 2. The van der Waals surface area contributed by atoms with Gasteiger partial charge in [0.15, 0.2) is 5.65 Å². The van der Waals surface area contributed by atoms with E-state index in [0.29, 0.717) is 17.6 Å². The Morgan fingerprint density at radius 2 is 1.85 bits per heavy atom. The molecule has 136 valence electrons. The van der Waals surface area contributed by atoms with Crippen molar-refractivity contribution in [2.45, 2.75) is 25.3 Å². The molecule has 5 nitrogen and oxygen atoms in total. The van der Waals surface area contributed by atoms with E-state index in [-0.39, 0.29) is 5.56 Å². The van der Waals surface area contributed by atoms with E-state index >= 15 is 0 Å². The maximum atomic E-state index is 12.9. The summed E-state index contributed by atoms with van der Waals surface area (Å²) in [6, 6.07) is 14.4. The van der Waals surface area contributed by atoms with E-state index in [1.807, 2.05) is 44.4 Å². The van der Waals surface area contributed by atoms with Gasteiger partial charge in [-0.3, -0.25) is 9.36 Å². The standard InChI is InChI=1S/C21H20N4OS/c1-14-7-15(2)9-17(8-14)25-20-19(11-23-25)21(26)24(13-22-20)12-16-5-4-6-18(10-16)27-3/h4-11,13H,12H2,1-3H3. The Balaban J connectivity index is 1.76. The van der Waals surface area contributed by atoms with Gasteiger partial charge in [0.25, 0.3) is 5.56 Å². The van der Waals surface area contributed by atoms with E-state index in [9.17, 15) is 4.79 Å². The smallest absolute Gasteiger partial charge is 0.264 e. The first-order valence-electron chi connectivity index (χ1n) is 8.70. The number of aromatic nitrogens is 4. The second kappa shape index (κ2) is 7.04. The van der Waals surface area contributed by atoms with E-state index in [1.165, 1.54) is 4.90 Å². The highest BCUT2D eigenvalue weighted by atomic mass is 32.2. The van der Waals surface area contributed by atoms with Crippen molar-refractivity contribution >= 4 is 22.8 Å². The summed E-state index contributed by atoms with van der Waals surface area (Å²) in [5, 5.41) is 4.95. The molecule has 0 saturated heterocycles. The summed E-state index contributed by atoms with van der Waals surface area (Å²) >= 11 is 1.69. The molecule has 4 aromatic rings. The highest BCUT2D eigenvalue weighted by Crippen LogP contribution is 2.18. The van der Waals surface area contributed by atoms with Crippen LogP contribution in [0.15, 0.2) is 64.7 Å². The van der Waals surface area contributed by atoms with Crippen molar-refractivity contribution in [3.63, 3.8) is 0 Å². The minimum atomic E-state index is -0.0785. The maximum absolute atomic E-state index is 12.9. The Kier molecular flexibility index (Phi) is 4.58. The van der Waals surface area contributed by atoms with Gasteiger partial charge in [-0.15, -0.1) is 11.8 Å². The fourth-order valence-corrected chi connectivity index (χ4v) is 3.77. The number of hydrogen-bond acceptors (Lipinski definition) is 4. The molecule has 2 aromatic heterocycles. The van der Waals surface area contributed by atoms with Crippen LogP contribution in [0.4, 0.5) is 0 Å². The topological polar surface area (TPSA) is 52.7 Å². The SMILES string of the molecule is CSc1cccc(Cn2cnc3c(cnn3-c3cc(C)cc(C)c3)c2=O)c1. The maximum Gasteiger partial charge on any atom is 0.264 e. The summed E-state index contributed by atoms with van der Waals surface area (Å²) < 4.78 is 3.37. The first kappa shape index (κ1) is 17.5. The molecule has 0 atom stereocenters. The van der Waals surface area contributed by atoms with E-state index in [4.69, 9.17) is 0 Å². The van der Waals surface area contributed by atoms with Crippen LogP contribution >= 0.6 is 11.8 Å². The molecular formula is C21H20N4OS. The molecule has 0 radical (unpaired) electrons. The minimum absolute atomic E-state index is 0.0785. The van der Waals surface area contributed by atoms with Crippen LogP contribution in [0.3, 0.4) is 0 Å². The van der Waals surface area contributed by atoms with Crippen molar-refractivity contribution in [1.82, 2.24) is 19.3 Å². The number of nitrogens with zero attached hydrogens (tertiary/aromatic N) is 4. The Hall–Kier alpha value is -2.86. The van der Waals surface area contributed by atoms with Crippen LogP contribution in [0.25, 0.3) is 16.7 Å². The molecule has 0 N–H and O–H groups in total. The Labute approximate surface area is 161 Å². The zero-order chi connectivity index (χ0) is 19.0. The summed E-state index contributed by atoms with van der Waals surface area (Å²) in [6.07, 6.45) is 5.26. The molecular weight excluding hydrogens is 356 g/mol. The molecule has 0 fully saturated rings. The van der Waals surface area contributed by atoms with Crippen LogP contribution in [0.2, 0.25) is 0 Å². The first-order valence-corrected chi connectivity index (χ1v) is 9.92. The zero-order valence-electron chi connectivity index (χ0n) is 15.5. The van der Waals surface area contributed by atoms with Gasteiger partial charge in [0, 0.05) is 4.90 Å². The molecule has 0 spiro atoms. The number of aryl methyl sites for hydroxylation is 2. The van der Waals surface area contributed by atoms with Crippen LogP contribution in [0.1, 0.15) is 16.7 Å². The second-order valence-electron chi connectivity index (χ2n) is 6.67. The van der Waals surface area contributed by atoms with E-state index in [2.05, 4.69) is 28.3 Å². The zero-order valence-corrected chi connectivity index (χ0v) is 16.3. The van der Waals surface area contributed by atoms with Gasteiger partial charge < -0.3 is 0 Å². The third-order valence-corrected chi connectivity index (χ3v) is 5.22. The molecule has 2 heterocycles. The molecule has 27 heavy (non-hydrogen) atoms. The van der Waals surface area contributed by atoms with E-state index in [1.54, 1.807) is 33.5 Å². The van der Waals surface area contributed by atoms with Crippen molar-refractivity contribution in [2.24, 2.45) is 0 Å². The largest absolute Gasteiger partial charge is 0.294 e. The molecule has 4 rings (SSSR count). The van der Waals surface area contributed by atoms with Crippen LogP contribution in [-0.4, -0.2) is 25.6 Å². The van der Waals surface area contributed by atoms with Gasteiger partial charge in [0.2, 0.25) is 0 Å². The summed E-state index contributed by atoms with van der Waals surface area (Å²) in [5.41, 5.74) is 4.79. The average Bonchev–Trinajstić information content (AvgIpc) is 3.08. The number of thioether (sulfide) groups is 1. The van der Waals surface area contributed by atoms with Crippen molar-refractivity contribution < 1.29 is 0 Å². The van der Waals surface area contributed by atoms with Crippen LogP contribution < -0.4 is 5.56 Å². The Morgan fingerprint density at radius 3 is 2.59 bits per heavy atom. The van der Waals surface area contributed by atoms with E-state index in [0.717, 1.165) is 22.4 Å². The van der Waals surface area contributed by atoms with Gasteiger partial charge >= 0.3 is 0 Å². The van der Waals surface area contributed by atoms with Crippen molar-refractivity contribution in [3.05, 3.63) is 82.0 Å². The summed E-state index contributed by atoms with van der Waals surface area (Å²) in [7, 11) is 0. The number of rotatable bonds is 4. The van der Waals surface area contributed by atoms with Crippen LogP contribution in [0.5, 0.6) is 0 Å². The van der Waals surface area contributed by atoms with E-state index < -0.39 is 0 Å². The molecule has 0 unspecified atom stereocenters. The Bertz CT molecular complexity index is 1170. The highest BCUT2D eigenvalue weighted by Gasteiger charge is 2.12. The lowest BCUT2D eigenvalue weighted by atomic mass is 10.1. The lowest BCUT2D eigenvalue weighted by Gasteiger charge is -2.08. The molecule has 0 amide bonds. The Morgan fingerprint density at radius 1 is 1.07 bits per heavy atom. The van der Waals surface area contributed by atoms with Crippen molar-refractivity contribution in [3.8, 4) is 5.69 Å². The number of hydrogen-bond donors (Lipinski definition) is 0. The molecule has 0 bridgehead atoms. The van der Waals surface area contributed by atoms with Crippen LogP contribution in [-0.2, 0) is 6.54 Å². The quantitative estimate of drug-likeness (QED) is 0.506. The summed E-state index contributed by atoms with van der Waals surface area (Å²) in [4.78, 5) is 18.6. The fraction of sp³-hybridized carbons (Fsp3) is 0.190. The van der Waals surface area contributed by atoms with Crippen LogP contribution in [0, 0.1) is 13.8 Å². The second-order valence-corrected chi connectivity index (χ2v) is 7.55. The normalized spacial score (nSPS) is 11.2. The van der Waals surface area contributed by atoms with Gasteiger partial charge in [0.05, 0.1) is 18.4 Å². The molecule has 0 aliphatic carbocycles. The molecule has 2 aromatic carbocycles. The van der Waals surface area contributed by atoms with Gasteiger partial charge in [-0.1, -0.05) is 18.2 Å². The third-order valence-electron chi connectivity index (χ3n) is 4.49. The lowest BCUT2D eigenvalue weighted by molar-refractivity contribution is 0.744. The average molecular weight is 376 g/mol. The van der Waals surface area contributed by atoms with Gasteiger partial charge in [-0.05, 0) is 61.1 Å². The molecule has 0 aliphatic rings. The van der Waals surface area contributed by atoms with Crippen molar-refractivity contribution in [1.29, 1.82) is 0 Å². The monoisotopic (exact) mass is 376 g/mol. The minimum Gasteiger partial charge on any atom is -0.294 e. The van der Waals surface area contributed by atoms with Gasteiger partial charge in [-0.25, -0.2) is 9.67 Å². The third kappa shape index (κ3) is 3.40. The summed E-state index contributed by atoms with van der Waals surface area (Å²) in [6.45, 7) is 4.58. The molecule has 0 aliphatic heterocycles. The lowest BCUT2D eigenvalue weighted by Crippen LogP contribution is -2.21. The summed E-state index contributed by atoms with van der Waals surface area (Å²) in [5.74, 6) is 0. The van der Waals surface area contributed by atoms with Gasteiger partial charge in [-0.2, -0.15) is 5.10 Å². The predicted octanol–water partition coefficient (Wildman–Crippen LogP) is 3.97. The fourth-order valence-electron chi connectivity index (χ4n) is 3.29. The van der Waals surface area contributed by atoms with Crippen molar-refractivity contribution in [2.75, 3.05) is 6.26 Å². The molecule has 0 saturated carbocycles. The first-order chi connectivity index (χ1) is 13.0. The molecule has 6 heteroatoms.